The summed E-state index contributed by atoms with van der Waals surface area (Å²) in [7, 11) is 1.24. The van der Waals surface area contributed by atoms with E-state index < -0.39 is 35.7 Å². The fraction of sp³-hybridized carbons (Fsp3) is 0.571. The molecule has 8 nitrogen and oxygen atoms in total. The standard InChI is InChI=1S/C21H32N2O6/c1-13(2)11-16(23-20(27)29-21(3,4)5)18(25)22-17(19(26)28-6)12-14-7-9-15(24)10-8-14/h7-10,13,16-17,24H,11-12H2,1-6H3,(H,22,25)(H,23,27)/t16-,17+/m0/s1. The number of aromatic hydroxyl groups is 1. The molecule has 0 heterocycles. The summed E-state index contributed by atoms with van der Waals surface area (Å²) in [6.07, 6.45) is -0.149. The third-order valence-corrected chi connectivity index (χ3v) is 3.89. The van der Waals surface area contributed by atoms with Gasteiger partial charge in [0, 0.05) is 6.42 Å². The summed E-state index contributed by atoms with van der Waals surface area (Å²) < 4.78 is 10.0. The third-order valence-electron chi connectivity index (χ3n) is 3.89. The number of hydrogen-bond acceptors (Lipinski definition) is 6. The predicted molar refractivity (Wildman–Crippen MR) is 108 cm³/mol. The normalized spacial score (nSPS) is 13.3. The van der Waals surface area contributed by atoms with E-state index in [4.69, 9.17) is 9.47 Å². The molecule has 0 fully saturated rings. The van der Waals surface area contributed by atoms with Crippen molar-refractivity contribution in [1.29, 1.82) is 0 Å². The number of carbonyl (C=O) groups excluding carboxylic acids is 3. The number of phenols is 1. The molecule has 0 radical (unpaired) electrons. The van der Waals surface area contributed by atoms with E-state index in [0.717, 1.165) is 5.56 Å². The second kappa shape index (κ2) is 10.7. The van der Waals surface area contributed by atoms with E-state index in [1.807, 2.05) is 13.8 Å². The summed E-state index contributed by atoms with van der Waals surface area (Å²) in [5.74, 6) is -0.883. The van der Waals surface area contributed by atoms with E-state index in [1.165, 1.54) is 19.2 Å². The van der Waals surface area contributed by atoms with Crippen LogP contribution in [0.2, 0.25) is 0 Å². The van der Waals surface area contributed by atoms with Gasteiger partial charge in [0.05, 0.1) is 7.11 Å². The van der Waals surface area contributed by atoms with Crippen molar-refractivity contribution >= 4 is 18.0 Å². The van der Waals surface area contributed by atoms with Gasteiger partial charge in [-0.3, -0.25) is 4.79 Å². The molecule has 0 aromatic heterocycles. The number of carbonyl (C=O) groups is 3. The Hall–Kier alpha value is -2.77. The minimum Gasteiger partial charge on any atom is -0.508 e. The summed E-state index contributed by atoms with van der Waals surface area (Å²) >= 11 is 0. The number of alkyl carbamates (subject to hydrolysis) is 1. The van der Waals surface area contributed by atoms with E-state index in [9.17, 15) is 19.5 Å². The molecule has 0 aliphatic heterocycles. The summed E-state index contributed by atoms with van der Waals surface area (Å²) in [5.41, 5.74) is 0.0371. The molecule has 0 aliphatic rings. The SMILES string of the molecule is COC(=O)[C@@H](Cc1ccc(O)cc1)NC(=O)[C@H](CC(C)C)NC(=O)OC(C)(C)C. The number of rotatable bonds is 8. The number of hydrogen-bond donors (Lipinski definition) is 3. The van der Waals surface area contributed by atoms with Gasteiger partial charge in [-0.25, -0.2) is 9.59 Å². The highest BCUT2D eigenvalue weighted by atomic mass is 16.6. The molecular weight excluding hydrogens is 376 g/mol. The van der Waals surface area contributed by atoms with Gasteiger partial charge in [-0.05, 0) is 50.8 Å². The van der Waals surface area contributed by atoms with Crippen molar-refractivity contribution in [2.45, 2.75) is 65.1 Å². The number of amides is 2. The number of ether oxygens (including phenoxy) is 2. The molecule has 29 heavy (non-hydrogen) atoms. The maximum Gasteiger partial charge on any atom is 0.408 e. The zero-order chi connectivity index (χ0) is 22.2. The zero-order valence-electron chi connectivity index (χ0n) is 17.9. The Labute approximate surface area is 172 Å². The van der Waals surface area contributed by atoms with Crippen LogP contribution in [0.4, 0.5) is 4.79 Å². The molecule has 0 aliphatic carbocycles. The summed E-state index contributed by atoms with van der Waals surface area (Å²) in [6.45, 7) is 9.04. The van der Waals surface area contributed by atoms with Gasteiger partial charge in [0.2, 0.25) is 5.91 Å². The average molecular weight is 408 g/mol. The first-order chi connectivity index (χ1) is 13.4. The molecule has 0 saturated heterocycles. The van der Waals surface area contributed by atoms with Crippen molar-refractivity contribution in [3.05, 3.63) is 29.8 Å². The van der Waals surface area contributed by atoms with Crippen LogP contribution in [0, 0.1) is 5.92 Å². The highest BCUT2D eigenvalue weighted by Gasteiger charge is 2.29. The van der Waals surface area contributed by atoms with Crippen LogP contribution in [0.3, 0.4) is 0 Å². The van der Waals surface area contributed by atoms with Gasteiger partial charge >= 0.3 is 12.1 Å². The van der Waals surface area contributed by atoms with Crippen LogP contribution in [0.25, 0.3) is 0 Å². The van der Waals surface area contributed by atoms with Gasteiger partial charge in [0.25, 0.3) is 0 Å². The molecule has 8 heteroatoms. The Morgan fingerprint density at radius 1 is 1.03 bits per heavy atom. The molecule has 1 rings (SSSR count). The average Bonchev–Trinajstić information content (AvgIpc) is 2.59. The molecule has 1 aromatic rings. The van der Waals surface area contributed by atoms with Gasteiger partial charge in [-0.15, -0.1) is 0 Å². The van der Waals surface area contributed by atoms with Crippen LogP contribution in [-0.2, 0) is 25.5 Å². The second-order valence-electron chi connectivity index (χ2n) is 8.28. The molecule has 3 N–H and O–H groups in total. The lowest BCUT2D eigenvalue weighted by Gasteiger charge is -2.25. The summed E-state index contributed by atoms with van der Waals surface area (Å²) in [6, 6.07) is 4.50. The van der Waals surface area contributed by atoms with Crippen molar-refractivity contribution in [2.24, 2.45) is 5.92 Å². The third kappa shape index (κ3) is 9.32. The molecule has 2 amide bonds. The minimum atomic E-state index is -0.938. The minimum absolute atomic E-state index is 0.103. The largest absolute Gasteiger partial charge is 0.508 e. The first-order valence-corrected chi connectivity index (χ1v) is 9.57. The fourth-order valence-corrected chi connectivity index (χ4v) is 2.63. The Morgan fingerprint density at radius 3 is 2.10 bits per heavy atom. The number of phenolic OH excluding ortho intramolecular Hbond substituents is 1. The number of methoxy groups -OCH3 is 1. The maximum absolute atomic E-state index is 12.8. The van der Waals surface area contributed by atoms with E-state index in [2.05, 4.69) is 10.6 Å². The quantitative estimate of drug-likeness (QED) is 0.570. The predicted octanol–water partition coefficient (Wildman–Crippen LogP) is 2.53. The van der Waals surface area contributed by atoms with Crippen LogP contribution < -0.4 is 10.6 Å². The van der Waals surface area contributed by atoms with Crippen LogP contribution in [0.5, 0.6) is 5.75 Å². The molecule has 0 unspecified atom stereocenters. The molecular formula is C21H32N2O6. The Balaban J connectivity index is 2.91. The van der Waals surface area contributed by atoms with Gasteiger partial charge in [0.15, 0.2) is 0 Å². The van der Waals surface area contributed by atoms with Crippen molar-refractivity contribution in [1.82, 2.24) is 10.6 Å². The first kappa shape index (κ1) is 24.3. The molecule has 1 aromatic carbocycles. The number of esters is 1. The number of nitrogens with one attached hydrogen (secondary N) is 2. The fourth-order valence-electron chi connectivity index (χ4n) is 2.63. The smallest absolute Gasteiger partial charge is 0.408 e. The van der Waals surface area contributed by atoms with E-state index >= 15 is 0 Å². The maximum atomic E-state index is 12.8. The highest BCUT2D eigenvalue weighted by Crippen LogP contribution is 2.13. The second-order valence-corrected chi connectivity index (χ2v) is 8.28. The molecule has 162 valence electrons. The zero-order valence-corrected chi connectivity index (χ0v) is 17.9. The van der Waals surface area contributed by atoms with Gasteiger partial charge in [0.1, 0.15) is 23.4 Å². The van der Waals surface area contributed by atoms with Gasteiger partial charge in [-0.2, -0.15) is 0 Å². The first-order valence-electron chi connectivity index (χ1n) is 9.57. The van der Waals surface area contributed by atoms with Crippen LogP contribution in [-0.4, -0.2) is 47.9 Å². The van der Waals surface area contributed by atoms with Crippen LogP contribution in [0.15, 0.2) is 24.3 Å². The van der Waals surface area contributed by atoms with Crippen molar-refractivity contribution in [3.8, 4) is 5.75 Å². The van der Waals surface area contributed by atoms with E-state index in [-0.39, 0.29) is 18.1 Å². The Kier molecular flexibility index (Phi) is 8.94. The van der Waals surface area contributed by atoms with Crippen molar-refractivity contribution < 1.29 is 29.0 Å². The van der Waals surface area contributed by atoms with E-state index in [1.54, 1.807) is 32.9 Å². The van der Waals surface area contributed by atoms with Crippen molar-refractivity contribution in [2.75, 3.05) is 7.11 Å². The van der Waals surface area contributed by atoms with E-state index in [0.29, 0.717) is 6.42 Å². The topological polar surface area (TPSA) is 114 Å². The number of benzene rings is 1. The lowest BCUT2D eigenvalue weighted by atomic mass is 10.0. The van der Waals surface area contributed by atoms with Gasteiger partial charge < -0.3 is 25.2 Å². The Morgan fingerprint density at radius 2 is 1.62 bits per heavy atom. The summed E-state index contributed by atoms with van der Waals surface area (Å²) in [4.78, 5) is 37.1. The van der Waals surface area contributed by atoms with Gasteiger partial charge in [-0.1, -0.05) is 26.0 Å². The molecule has 0 bridgehead atoms. The summed E-state index contributed by atoms with van der Waals surface area (Å²) in [5, 5.41) is 14.6. The molecule has 2 atom stereocenters. The van der Waals surface area contributed by atoms with Crippen LogP contribution in [0.1, 0.15) is 46.6 Å². The molecule has 0 saturated carbocycles. The van der Waals surface area contributed by atoms with Crippen LogP contribution >= 0.6 is 0 Å². The lowest BCUT2D eigenvalue weighted by molar-refractivity contribution is -0.145. The molecule has 0 spiro atoms. The Bertz CT molecular complexity index is 694. The monoisotopic (exact) mass is 408 g/mol. The lowest BCUT2D eigenvalue weighted by Crippen LogP contribution is -2.53. The van der Waals surface area contributed by atoms with Crippen molar-refractivity contribution in [3.63, 3.8) is 0 Å². The highest BCUT2D eigenvalue weighted by molar-refractivity contribution is 5.89.